The fourth-order valence-corrected chi connectivity index (χ4v) is 1.18. The van der Waals surface area contributed by atoms with Gasteiger partial charge in [0, 0.05) is 7.11 Å². The third-order valence-electron chi connectivity index (χ3n) is 1.87. The van der Waals surface area contributed by atoms with Gasteiger partial charge in [0.05, 0.1) is 13.7 Å². The second-order valence-electron chi connectivity index (χ2n) is 3.15. The van der Waals surface area contributed by atoms with E-state index in [2.05, 4.69) is 4.74 Å². The quantitative estimate of drug-likeness (QED) is 0.218. The molecule has 0 rings (SSSR count). The molecule has 0 fully saturated rings. The lowest BCUT2D eigenvalue weighted by atomic mass is 10.1. The second kappa shape index (κ2) is 8.24. The molecule has 1 N–H and O–H groups in total. The lowest BCUT2D eigenvalue weighted by Crippen LogP contribution is -2.22. The number of ether oxygens (including phenoxy) is 3. The lowest BCUT2D eigenvalue weighted by Gasteiger charge is -2.11. The molecule has 0 saturated heterocycles. The predicted molar refractivity (Wildman–Crippen MR) is 59.8 cm³/mol. The molecule has 0 aromatic rings. The average molecular weight is 260 g/mol. The van der Waals surface area contributed by atoms with Crippen molar-refractivity contribution in [1.82, 2.24) is 0 Å². The van der Waals surface area contributed by atoms with Crippen LogP contribution in [0.2, 0.25) is 0 Å². The van der Waals surface area contributed by atoms with Crippen molar-refractivity contribution in [3.63, 3.8) is 0 Å². The van der Waals surface area contributed by atoms with E-state index in [1.165, 1.54) is 14.2 Å². The maximum absolute atomic E-state index is 11.7. The highest BCUT2D eigenvalue weighted by molar-refractivity contribution is 6.21. The Labute approximate surface area is 104 Å². The molecule has 0 aliphatic rings. The van der Waals surface area contributed by atoms with Crippen LogP contribution >= 0.6 is 0 Å². The highest BCUT2D eigenvalue weighted by atomic mass is 16.5. The molecule has 18 heavy (non-hydrogen) atoms. The van der Waals surface area contributed by atoms with Gasteiger partial charge in [-0.05, 0) is 6.92 Å². The maximum atomic E-state index is 11.7. The van der Waals surface area contributed by atoms with Gasteiger partial charge in [-0.2, -0.15) is 0 Å². The van der Waals surface area contributed by atoms with E-state index in [0.29, 0.717) is 0 Å². The summed E-state index contributed by atoms with van der Waals surface area (Å²) in [5.74, 6) is -3.19. The number of hydrogen-bond donors (Lipinski definition) is 1. The van der Waals surface area contributed by atoms with Crippen molar-refractivity contribution in [2.75, 3.05) is 27.4 Å². The zero-order chi connectivity index (χ0) is 14.1. The van der Waals surface area contributed by atoms with E-state index in [0.717, 1.165) is 0 Å². The van der Waals surface area contributed by atoms with Gasteiger partial charge in [0.1, 0.15) is 24.4 Å². The molecule has 7 heteroatoms. The van der Waals surface area contributed by atoms with Gasteiger partial charge >= 0.3 is 11.9 Å². The summed E-state index contributed by atoms with van der Waals surface area (Å²) in [6, 6.07) is 0. The smallest absolute Gasteiger partial charge is 0.345 e. The molecule has 0 atom stereocenters. The monoisotopic (exact) mass is 260 g/mol. The molecule has 0 aliphatic carbocycles. The largest absolute Gasteiger partial charge is 0.498 e. The zero-order valence-electron chi connectivity index (χ0n) is 10.5. The van der Waals surface area contributed by atoms with Gasteiger partial charge in [0.25, 0.3) is 0 Å². The second-order valence-corrected chi connectivity index (χ2v) is 3.15. The number of hydrogen-bond acceptors (Lipinski definition) is 6. The van der Waals surface area contributed by atoms with Crippen LogP contribution in [0.1, 0.15) is 13.3 Å². The van der Waals surface area contributed by atoms with E-state index in [9.17, 15) is 14.4 Å². The van der Waals surface area contributed by atoms with Crippen LogP contribution in [0.4, 0.5) is 0 Å². The van der Waals surface area contributed by atoms with Gasteiger partial charge in [-0.3, -0.25) is 9.59 Å². The molecule has 0 spiro atoms. The standard InChI is InChI=1S/C11H16O7/c1-4-18-11(15)10(7(12)5-9(13)14)8(17-3)6-16-2/h4-6H2,1-3H3,(H,13,14). The molecule has 102 valence electrons. The Morgan fingerprint density at radius 1 is 1.17 bits per heavy atom. The molecule has 0 saturated carbocycles. The van der Waals surface area contributed by atoms with Crippen LogP contribution in [-0.2, 0) is 28.6 Å². The number of aliphatic carboxylic acids is 1. The van der Waals surface area contributed by atoms with E-state index >= 15 is 0 Å². The molecule has 0 bridgehead atoms. The Hall–Kier alpha value is -1.89. The van der Waals surface area contributed by atoms with Crippen molar-refractivity contribution in [2.24, 2.45) is 0 Å². The number of rotatable bonds is 8. The number of methoxy groups -OCH3 is 2. The number of carboxylic acids is 1. The Bertz CT molecular complexity index is 356. The van der Waals surface area contributed by atoms with Crippen molar-refractivity contribution in [3.05, 3.63) is 11.3 Å². The normalized spacial score (nSPS) is 11.5. The SMILES string of the molecule is CCOC(=O)C(C(=O)CC(=O)O)=C(COC)OC. The first-order valence-corrected chi connectivity index (χ1v) is 5.16. The Balaban J connectivity index is 5.32. The summed E-state index contributed by atoms with van der Waals surface area (Å²) >= 11 is 0. The van der Waals surface area contributed by atoms with E-state index in [1.807, 2.05) is 0 Å². The van der Waals surface area contributed by atoms with E-state index in [1.54, 1.807) is 6.92 Å². The highest BCUT2D eigenvalue weighted by Crippen LogP contribution is 2.12. The fraction of sp³-hybridized carbons (Fsp3) is 0.545. The summed E-state index contributed by atoms with van der Waals surface area (Å²) < 4.78 is 14.3. The topological polar surface area (TPSA) is 99.1 Å². The number of ketones is 1. The number of carbonyl (C=O) groups excluding carboxylic acids is 2. The van der Waals surface area contributed by atoms with Gasteiger partial charge in [-0.1, -0.05) is 0 Å². The van der Waals surface area contributed by atoms with Crippen LogP contribution in [-0.4, -0.2) is 50.3 Å². The molecule has 0 heterocycles. The van der Waals surface area contributed by atoms with Crippen LogP contribution in [0, 0.1) is 0 Å². The summed E-state index contributed by atoms with van der Waals surface area (Å²) in [7, 11) is 2.60. The number of esters is 1. The van der Waals surface area contributed by atoms with Crippen LogP contribution < -0.4 is 0 Å². The Morgan fingerprint density at radius 2 is 1.78 bits per heavy atom. The average Bonchev–Trinajstić information content (AvgIpc) is 2.27. The van der Waals surface area contributed by atoms with Crippen LogP contribution in [0.3, 0.4) is 0 Å². The summed E-state index contributed by atoms with van der Waals surface area (Å²) in [4.78, 5) is 33.8. The highest BCUT2D eigenvalue weighted by Gasteiger charge is 2.27. The number of Topliss-reactive ketones (excluding diaryl/α,β-unsaturated/α-hetero) is 1. The van der Waals surface area contributed by atoms with Gasteiger partial charge < -0.3 is 19.3 Å². The van der Waals surface area contributed by atoms with E-state index in [-0.39, 0.29) is 19.0 Å². The van der Waals surface area contributed by atoms with Crippen molar-refractivity contribution < 1.29 is 33.7 Å². The molecule has 7 nitrogen and oxygen atoms in total. The zero-order valence-corrected chi connectivity index (χ0v) is 10.5. The van der Waals surface area contributed by atoms with E-state index < -0.39 is 29.7 Å². The number of carboxylic acid groups (broad SMARTS) is 1. The summed E-state index contributed by atoms with van der Waals surface area (Å²) in [5.41, 5.74) is -0.427. The summed E-state index contributed by atoms with van der Waals surface area (Å²) in [6.07, 6.45) is -0.815. The van der Waals surface area contributed by atoms with Crippen LogP contribution in [0.5, 0.6) is 0 Å². The van der Waals surface area contributed by atoms with Gasteiger partial charge in [-0.15, -0.1) is 0 Å². The van der Waals surface area contributed by atoms with Crippen LogP contribution in [0.15, 0.2) is 11.3 Å². The van der Waals surface area contributed by atoms with Crippen LogP contribution in [0.25, 0.3) is 0 Å². The Morgan fingerprint density at radius 3 is 2.17 bits per heavy atom. The first kappa shape index (κ1) is 16.1. The molecular formula is C11H16O7. The van der Waals surface area contributed by atoms with Gasteiger partial charge in [0.2, 0.25) is 0 Å². The Kier molecular flexibility index (Phi) is 7.37. The fourth-order valence-electron chi connectivity index (χ4n) is 1.18. The van der Waals surface area contributed by atoms with Gasteiger partial charge in [0.15, 0.2) is 5.78 Å². The minimum Gasteiger partial charge on any atom is -0.498 e. The number of carbonyl (C=O) groups is 3. The predicted octanol–water partition coefficient (Wildman–Crippen LogP) is 0.140. The molecule has 0 amide bonds. The van der Waals surface area contributed by atoms with Gasteiger partial charge in [-0.25, -0.2) is 4.79 Å². The minimum absolute atomic E-state index is 0.0535. The third kappa shape index (κ3) is 4.96. The molecule has 0 aliphatic heterocycles. The van der Waals surface area contributed by atoms with Crippen molar-refractivity contribution in [1.29, 1.82) is 0 Å². The van der Waals surface area contributed by atoms with Crippen molar-refractivity contribution >= 4 is 17.7 Å². The van der Waals surface area contributed by atoms with Crippen molar-refractivity contribution in [2.45, 2.75) is 13.3 Å². The third-order valence-corrected chi connectivity index (χ3v) is 1.87. The lowest BCUT2D eigenvalue weighted by molar-refractivity contribution is -0.142. The van der Waals surface area contributed by atoms with Crippen molar-refractivity contribution in [3.8, 4) is 0 Å². The molecule has 0 unspecified atom stereocenters. The molecular weight excluding hydrogens is 244 g/mol. The molecule has 0 aromatic heterocycles. The molecule has 0 radical (unpaired) electrons. The summed E-state index contributed by atoms with van der Waals surface area (Å²) in [6.45, 7) is 1.50. The minimum atomic E-state index is -1.34. The van der Waals surface area contributed by atoms with E-state index in [4.69, 9.17) is 14.6 Å². The molecule has 0 aromatic carbocycles. The first-order valence-electron chi connectivity index (χ1n) is 5.16. The first-order chi connectivity index (χ1) is 8.47. The summed E-state index contributed by atoms with van der Waals surface area (Å²) in [5, 5.41) is 8.56. The maximum Gasteiger partial charge on any atom is 0.345 e.